The number of hydrogen-bond donors (Lipinski definition) is 1. The van der Waals surface area contributed by atoms with Crippen LogP contribution >= 0.6 is 0 Å². The molecule has 0 radical (unpaired) electrons. The van der Waals surface area contributed by atoms with E-state index in [0.29, 0.717) is 13.1 Å². The maximum absolute atomic E-state index is 12.8. The van der Waals surface area contributed by atoms with Crippen molar-refractivity contribution in [3.63, 3.8) is 0 Å². The number of likely N-dealkylation sites (tertiary alicyclic amines) is 1. The van der Waals surface area contributed by atoms with E-state index >= 15 is 0 Å². The number of urea groups is 1. The summed E-state index contributed by atoms with van der Waals surface area (Å²) in [5.74, 6) is -0.437. The molecule has 0 aromatic carbocycles. The minimum atomic E-state index is -0.772. The van der Waals surface area contributed by atoms with E-state index in [9.17, 15) is 14.4 Å². The van der Waals surface area contributed by atoms with E-state index in [1.54, 1.807) is 17.9 Å². The van der Waals surface area contributed by atoms with E-state index in [1.807, 2.05) is 26.8 Å². The molecule has 0 aliphatic carbocycles. The number of amides is 4. The van der Waals surface area contributed by atoms with Crippen LogP contribution in [-0.4, -0.2) is 82.9 Å². The molecule has 31 heavy (non-hydrogen) atoms. The second-order valence-corrected chi connectivity index (χ2v) is 8.97. The molecule has 2 bridgehead atoms. The quantitative estimate of drug-likeness (QED) is 0.484. The fourth-order valence-corrected chi connectivity index (χ4v) is 4.07. The summed E-state index contributed by atoms with van der Waals surface area (Å²) in [5, 5.41) is 1.27. The standard InChI is InChI=1S/C21H32N4O6/c1-6-10-30-25-16-11-14(2)17(24(12-16)19(25)27)18(26)22-29-13-15-8-7-9-23(15)20(28)31-21(3,4)5/h6,11,15-17H,1,7-10,12-13H2,2-5H3,(H,22,26)/t15-,16-,17+/m1/s1. The predicted molar refractivity (Wildman–Crippen MR) is 111 cm³/mol. The third-order valence-electron chi connectivity index (χ3n) is 5.35. The Hall–Kier alpha value is -2.59. The highest BCUT2D eigenvalue weighted by atomic mass is 16.7. The summed E-state index contributed by atoms with van der Waals surface area (Å²) in [6, 6.07) is -1.56. The first-order chi connectivity index (χ1) is 14.6. The van der Waals surface area contributed by atoms with E-state index < -0.39 is 17.6 Å². The molecular weight excluding hydrogens is 404 g/mol. The number of hydrogen-bond acceptors (Lipinski definition) is 6. The van der Waals surface area contributed by atoms with Crippen molar-refractivity contribution in [2.24, 2.45) is 0 Å². The third-order valence-corrected chi connectivity index (χ3v) is 5.35. The zero-order valence-electron chi connectivity index (χ0n) is 18.6. The van der Waals surface area contributed by atoms with Crippen molar-refractivity contribution >= 4 is 18.0 Å². The van der Waals surface area contributed by atoms with Crippen molar-refractivity contribution in [1.29, 1.82) is 0 Å². The highest BCUT2D eigenvalue weighted by molar-refractivity contribution is 5.91. The second kappa shape index (κ2) is 9.27. The van der Waals surface area contributed by atoms with Crippen LogP contribution in [0.25, 0.3) is 0 Å². The summed E-state index contributed by atoms with van der Waals surface area (Å²) < 4.78 is 5.44. The maximum atomic E-state index is 12.8. The van der Waals surface area contributed by atoms with Crippen LogP contribution in [0, 0.1) is 0 Å². The molecule has 1 N–H and O–H groups in total. The Morgan fingerprint density at radius 2 is 2.10 bits per heavy atom. The lowest BCUT2D eigenvalue weighted by Gasteiger charge is -2.30. The molecule has 3 atom stereocenters. The molecule has 10 nitrogen and oxygen atoms in total. The van der Waals surface area contributed by atoms with Crippen LogP contribution in [0.5, 0.6) is 0 Å². The third kappa shape index (κ3) is 5.19. The van der Waals surface area contributed by atoms with Gasteiger partial charge in [-0.25, -0.2) is 15.1 Å². The van der Waals surface area contributed by atoms with Crippen LogP contribution in [0.3, 0.4) is 0 Å². The van der Waals surface area contributed by atoms with Crippen molar-refractivity contribution in [1.82, 2.24) is 20.3 Å². The zero-order valence-corrected chi connectivity index (χ0v) is 18.6. The molecule has 4 amide bonds. The first-order valence-electron chi connectivity index (χ1n) is 10.6. The number of nitrogens with zero attached hydrogens (tertiary/aromatic N) is 3. The minimum Gasteiger partial charge on any atom is -0.444 e. The average molecular weight is 437 g/mol. The molecule has 3 aliphatic rings. The van der Waals surface area contributed by atoms with Crippen molar-refractivity contribution in [2.75, 3.05) is 26.3 Å². The highest BCUT2D eigenvalue weighted by Crippen LogP contribution is 2.29. The van der Waals surface area contributed by atoms with Crippen molar-refractivity contribution in [2.45, 2.75) is 64.3 Å². The van der Waals surface area contributed by atoms with E-state index in [1.165, 1.54) is 9.96 Å². The van der Waals surface area contributed by atoms with Crippen molar-refractivity contribution < 1.29 is 28.8 Å². The fourth-order valence-electron chi connectivity index (χ4n) is 4.07. The SMILES string of the molecule is C=CCON1C(=O)N2C[C@H]1C=C(C)[C@H]2C(=O)NOC[C@H]1CCCN1C(=O)OC(C)(C)C. The van der Waals surface area contributed by atoms with Gasteiger partial charge in [0.15, 0.2) is 0 Å². The van der Waals surface area contributed by atoms with Gasteiger partial charge in [0, 0.05) is 6.54 Å². The molecule has 3 aliphatic heterocycles. The Morgan fingerprint density at radius 3 is 2.77 bits per heavy atom. The van der Waals surface area contributed by atoms with E-state index in [-0.39, 0.29) is 37.4 Å². The van der Waals surface area contributed by atoms with Crippen LogP contribution in [0.4, 0.5) is 9.59 Å². The number of ether oxygens (including phenoxy) is 1. The van der Waals surface area contributed by atoms with Gasteiger partial charge in [-0.3, -0.25) is 14.5 Å². The van der Waals surface area contributed by atoms with Gasteiger partial charge >= 0.3 is 12.1 Å². The first kappa shape index (κ1) is 23.1. The van der Waals surface area contributed by atoms with Crippen LogP contribution in [0.1, 0.15) is 40.5 Å². The molecule has 0 unspecified atom stereocenters. The van der Waals surface area contributed by atoms with E-state index in [0.717, 1.165) is 18.4 Å². The molecule has 0 aromatic rings. The van der Waals surface area contributed by atoms with Crippen LogP contribution < -0.4 is 5.48 Å². The van der Waals surface area contributed by atoms with E-state index in [2.05, 4.69) is 12.1 Å². The summed E-state index contributed by atoms with van der Waals surface area (Å²) in [4.78, 5) is 51.8. The molecule has 172 valence electrons. The molecule has 2 saturated heterocycles. The molecule has 10 heteroatoms. The van der Waals surface area contributed by atoms with Crippen LogP contribution in [0.15, 0.2) is 24.3 Å². The number of fused-ring (bicyclic) bond motifs is 2. The summed E-state index contributed by atoms with van der Waals surface area (Å²) in [6.45, 7) is 12.1. The topological polar surface area (TPSA) is 101 Å². The lowest BCUT2D eigenvalue weighted by Crippen LogP contribution is -2.50. The number of hydroxylamine groups is 3. The second-order valence-electron chi connectivity index (χ2n) is 8.97. The Kier molecular flexibility index (Phi) is 6.90. The largest absolute Gasteiger partial charge is 0.444 e. The number of carbonyl (C=O) groups is 3. The van der Waals surface area contributed by atoms with Gasteiger partial charge in [0.1, 0.15) is 11.6 Å². The molecule has 0 saturated carbocycles. The lowest BCUT2D eigenvalue weighted by atomic mass is 10.0. The Balaban J connectivity index is 1.53. The fraction of sp³-hybridized carbons (Fsp3) is 0.667. The van der Waals surface area contributed by atoms with Gasteiger partial charge in [0.25, 0.3) is 5.91 Å². The van der Waals surface area contributed by atoms with Crippen LogP contribution in [-0.2, 0) is 19.2 Å². The summed E-state index contributed by atoms with van der Waals surface area (Å²) in [5.41, 5.74) is 2.62. The van der Waals surface area contributed by atoms with Crippen molar-refractivity contribution in [3.8, 4) is 0 Å². The number of carbonyl (C=O) groups excluding carboxylic acids is 3. The van der Waals surface area contributed by atoms with Gasteiger partial charge in [-0.2, -0.15) is 5.06 Å². The maximum Gasteiger partial charge on any atom is 0.410 e. The predicted octanol–water partition coefficient (Wildman–Crippen LogP) is 1.99. The summed E-state index contributed by atoms with van der Waals surface area (Å²) in [6.07, 6.45) is 4.64. The van der Waals surface area contributed by atoms with Gasteiger partial charge in [-0.1, -0.05) is 12.2 Å². The van der Waals surface area contributed by atoms with Gasteiger partial charge in [0.2, 0.25) is 0 Å². The molecule has 3 rings (SSSR count). The smallest absolute Gasteiger partial charge is 0.410 e. The Bertz CT molecular complexity index is 761. The average Bonchev–Trinajstić information content (AvgIpc) is 3.23. The van der Waals surface area contributed by atoms with Gasteiger partial charge < -0.3 is 14.5 Å². The lowest BCUT2D eigenvalue weighted by molar-refractivity contribution is -0.138. The summed E-state index contributed by atoms with van der Waals surface area (Å²) in [7, 11) is 0. The zero-order chi connectivity index (χ0) is 22.8. The number of rotatable bonds is 7. The molecule has 0 aromatic heterocycles. The Morgan fingerprint density at radius 1 is 1.35 bits per heavy atom. The minimum absolute atomic E-state index is 0.144. The summed E-state index contributed by atoms with van der Waals surface area (Å²) >= 11 is 0. The molecule has 3 heterocycles. The monoisotopic (exact) mass is 436 g/mol. The van der Waals surface area contributed by atoms with Crippen molar-refractivity contribution in [3.05, 3.63) is 24.3 Å². The first-order valence-corrected chi connectivity index (χ1v) is 10.6. The Labute approximate surface area is 182 Å². The van der Waals surface area contributed by atoms with Gasteiger partial charge in [-0.05, 0) is 46.1 Å². The molecular formula is C21H32N4O6. The van der Waals surface area contributed by atoms with Gasteiger partial charge in [0.05, 0.1) is 31.8 Å². The van der Waals surface area contributed by atoms with Gasteiger partial charge in [-0.15, -0.1) is 6.58 Å². The highest BCUT2D eigenvalue weighted by Gasteiger charge is 2.47. The van der Waals surface area contributed by atoms with Crippen LogP contribution in [0.2, 0.25) is 0 Å². The molecule has 0 spiro atoms. The number of nitrogens with one attached hydrogen (secondary N) is 1. The molecule has 2 fully saturated rings. The normalized spacial score (nSPS) is 25.5. The van der Waals surface area contributed by atoms with E-state index in [4.69, 9.17) is 14.4 Å².